The van der Waals surface area contributed by atoms with E-state index in [2.05, 4.69) is 22.1 Å². The molecule has 10 heteroatoms. The van der Waals surface area contributed by atoms with E-state index in [-0.39, 0.29) is 23.6 Å². The molecule has 0 unspecified atom stereocenters. The number of nitrogens with zero attached hydrogens (tertiary/aromatic N) is 4. The summed E-state index contributed by atoms with van der Waals surface area (Å²) in [6.45, 7) is 5.94. The maximum absolute atomic E-state index is 14.5. The summed E-state index contributed by atoms with van der Waals surface area (Å²) in [5, 5.41) is 5.27. The number of alkyl halides is 2. The molecule has 2 saturated heterocycles. The lowest BCUT2D eigenvalue weighted by Crippen LogP contribution is -2.41. The number of hydrogen-bond acceptors (Lipinski definition) is 5. The Morgan fingerprint density at radius 1 is 1.18 bits per heavy atom. The van der Waals surface area contributed by atoms with Crippen LogP contribution in [0.15, 0.2) is 36.5 Å². The van der Waals surface area contributed by atoms with Gasteiger partial charge in [0.05, 0.1) is 36.5 Å². The van der Waals surface area contributed by atoms with Crippen molar-refractivity contribution in [2.45, 2.75) is 63.6 Å². The number of ether oxygens (including phenoxy) is 1. The third-order valence-electron chi connectivity index (χ3n) is 8.22. The lowest BCUT2D eigenvalue weighted by molar-refractivity contribution is -0.0112. The van der Waals surface area contributed by atoms with Crippen LogP contribution >= 0.6 is 0 Å². The first-order valence-corrected chi connectivity index (χ1v) is 14.0. The van der Waals surface area contributed by atoms with Crippen LogP contribution in [0.2, 0.25) is 0 Å². The number of carbonyl (C=O) groups excluding carboxylic acids is 1. The average molecular weight is 558 g/mol. The predicted octanol–water partition coefficient (Wildman–Crippen LogP) is 4.79. The molecule has 2 N–H and O–H groups in total. The Labute approximate surface area is 233 Å². The van der Waals surface area contributed by atoms with Gasteiger partial charge in [-0.3, -0.25) is 9.48 Å². The second-order valence-corrected chi connectivity index (χ2v) is 11.4. The zero-order chi connectivity index (χ0) is 28.6. The van der Waals surface area contributed by atoms with E-state index in [4.69, 9.17) is 10.5 Å². The van der Waals surface area contributed by atoms with Crippen LogP contribution in [-0.2, 0) is 11.8 Å². The van der Waals surface area contributed by atoms with Gasteiger partial charge in [-0.05, 0) is 86.5 Å². The number of likely N-dealkylation sites (tertiary alicyclic amines) is 1. The Kier molecular flexibility index (Phi) is 8.49. The van der Waals surface area contributed by atoms with E-state index in [1.807, 2.05) is 7.05 Å². The molecule has 0 radical (unpaired) electrons. The number of carbonyl (C=O) groups is 1. The van der Waals surface area contributed by atoms with E-state index < -0.39 is 30.7 Å². The molecule has 2 fully saturated rings. The van der Waals surface area contributed by atoms with Gasteiger partial charge in [-0.1, -0.05) is 6.07 Å². The quantitative estimate of drug-likeness (QED) is 0.431. The summed E-state index contributed by atoms with van der Waals surface area (Å²) in [6, 6.07) is 7.88. The summed E-state index contributed by atoms with van der Waals surface area (Å²) in [4.78, 5) is 17.1. The molecule has 5 rings (SSSR count). The lowest BCUT2D eigenvalue weighted by Gasteiger charge is -2.30. The van der Waals surface area contributed by atoms with Crippen molar-refractivity contribution < 1.29 is 22.7 Å². The number of aromatic nitrogens is 2. The smallest absolute Gasteiger partial charge is 0.255 e. The molecule has 7 nitrogen and oxygen atoms in total. The van der Waals surface area contributed by atoms with Gasteiger partial charge >= 0.3 is 0 Å². The number of aryl methyl sites for hydroxylation is 1. The Bertz CT molecular complexity index is 1350. The summed E-state index contributed by atoms with van der Waals surface area (Å²) >= 11 is 0. The molecule has 0 spiro atoms. The van der Waals surface area contributed by atoms with E-state index in [0.29, 0.717) is 12.2 Å². The van der Waals surface area contributed by atoms with Crippen LogP contribution in [-0.4, -0.2) is 82.9 Å². The highest BCUT2D eigenvalue weighted by Gasteiger charge is 2.30. The third kappa shape index (κ3) is 6.04. The normalized spacial score (nSPS) is 22.1. The maximum Gasteiger partial charge on any atom is 0.255 e. The standard InChI is InChI=1S/C30H38F3N5O2/c1-18(2)38(16-29(32)33)30(39)26-12-21(31)4-7-24(26)25-10-20(11-28-27(25)13-35-36(28)3)19-8-9-37(14-19)15-23-6-5-22(34)17-40-23/h4,7,10-13,18-19,22-23,29H,5-6,8-9,14-17,34H2,1-3H3/t19-,22-,23+/m1/s1. The highest BCUT2D eigenvalue weighted by molar-refractivity contribution is 6.05. The van der Waals surface area contributed by atoms with Crippen molar-refractivity contribution in [1.82, 2.24) is 19.6 Å². The van der Waals surface area contributed by atoms with E-state index >= 15 is 0 Å². The van der Waals surface area contributed by atoms with E-state index in [0.717, 1.165) is 71.9 Å². The number of benzene rings is 2. The van der Waals surface area contributed by atoms with Crippen molar-refractivity contribution in [2.75, 3.05) is 32.8 Å². The molecule has 40 heavy (non-hydrogen) atoms. The topological polar surface area (TPSA) is 76.6 Å². The SMILES string of the molecule is CC(C)N(CC(F)F)C(=O)c1cc(F)ccc1-c1cc([C@@H]2CCN(C[C@@H]3CC[C@@H](N)CO3)C2)cc2c1cnn2C. The van der Waals surface area contributed by atoms with E-state index in [1.165, 1.54) is 6.07 Å². The van der Waals surface area contributed by atoms with Crippen molar-refractivity contribution in [3.63, 3.8) is 0 Å². The van der Waals surface area contributed by atoms with Gasteiger partial charge in [0.2, 0.25) is 0 Å². The zero-order valence-corrected chi connectivity index (χ0v) is 23.3. The Morgan fingerprint density at radius 2 is 1.98 bits per heavy atom. The number of fused-ring (bicyclic) bond motifs is 1. The molecule has 3 aromatic rings. The Hall–Kier alpha value is -2.95. The highest BCUT2D eigenvalue weighted by Crippen LogP contribution is 2.38. The monoisotopic (exact) mass is 557 g/mol. The van der Waals surface area contributed by atoms with Crippen molar-refractivity contribution in [3.8, 4) is 11.1 Å². The van der Waals surface area contributed by atoms with Crippen molar-refractivity contribution >= 4 is 16.8 Å². The van der Waals surface area contributed by atoms with Gasteiger partial charge in [-0.15, -0.1) is 0 Å². The molecule has 1 amide bonds. The van der Waals surface area contributed by atoms with Crippen molar-refractivity contribution in [1.29, 1.82) is 0 Å². The van der Waals surface area contributed by atoms with Crippen LogP contribution in [0.3, 0.4) is 0 Å². The van der Waals surface area contributed by atoms with Gasteiger partial charge in [0, 0.05) is 37.6 Å². The molecule has 216 valence electrons. The Morgan fingerprint density at radius 3 is 2.67 bits per heavy atom. The molecular weight excluding hydrogens is 519 g/mol. The number of hydrogen-bond donors (Lipinski definition) is 1. The van der Waals surface area contributed by atoms with Gasteiger partial charge in [-0.2, -0.15) is 5.10 Å². The van der Waals surface area contributed by atoms with Crippen LogP contribution in [0.4, 0.5) is 13.2 Å². The van der Waals surface area contributed by atoms with Gasteiger partial charge < -0.3 is 20.3 Å². The van der Waals surface area contributed by atoms with E-state index in [1.54, 1.807) is 30.8 Å². The predicted molar refractivity (Wildman–Crippen MR) is 149 cm³/mol. The minimum atomic E-state index is -2.70. The molecular formula is C30H38F3N5O2. The second-order valence-electron chi connectivity index (χ2n) is 11.4. The summed E-state index contributed by atoms with van der Waals surface area (Å²) in [5.74, 6) is -0.954. The fraction of sp³-hybridized carbons (Fsp3) is 0.533. The van der Waals surface area contributed by atoms with Crippen LogP contribution in [0, 0.1) is 5.82 Å². The fourth-order valence-corrected chi connectivity index (χ4v) is 6.02. The largest absolute Gasteiger partial charge is 0.375 e. The first kappa shape index (κ1) is 28.6. The van der Waals surface area contributed by atoms with Gasteiger partial charge in [0.15, 0.2) is 0 Å². The van der Waals surface area contributed by atoms with Crippen LogP contribution < -0.4 is 5.73 Å². The van der Waals surface area contributed by atoms with Crippen LogP contribution in [0.1, 0.15) is 54.9 Å². The van der Waals surface area contributed by atoms with Crippen LogP contribution in [0.5, 0.6) is 0 Å². The Balaban J connectivity index is 1.49. The third-order valence-corrected chi connectivity index (χ3v) is 8.22. The summed E-state index contributed by atoms with van der Waals surface area (Å²) < 4.78 is 48.9. The number of nitrogens with two attached hydrogens (primary N) is 1. The minimum absolute atomic E-state index is 0.0670. The fourth-order valence-electron chi connectivity index (χ4n) is 6.02. The maximum atomic E-state index is 14.5. The summed E-state index contributed by atoms with van der Waals surface area (Å²) in [5.41, 5.74) is 9.30. The van der Waals surface area contributed by atoms with Crippen LogP contribution in [0.25, 0.3) is 22.0 Å². The molecule has 3 atom stereocenters. The molecule has 0 aliphatic carbocycles. The number of amides is 1. The molecule has 0 saturated carbocycles. The van der Waals surface area contributed by atoms with Gasteiger partial charge in [0.1, 0.15) is 5.82 Å². The first-order chi connectivity index (χ1) is 19.1. The number of rotatable bonds is 8. The van der Waals surface area contributed by atoms with Gasteiger partial charge in [-0.25, -0.2) is 13.2 Å². The average Bonchev–Trinajstić information content (AvgIpc) is 3.54. The van der Waals surface area contributed by atoms with E-state index in [9.17, 15) is 18.0 Å². The molecule has 2 aliphatic rings. The zero-order valence-electron chi connectivity index (χ0n) is 23.3. The minimum Gasteiger partial charge on any atom is -0.375 e. The lowest BCUT2D eigenvalue weighted by atomic mass is 9.90. The molecule has 0 bridgehead atoms. The molecule has 3 heterocycles. The molecule has 2 aliphatic heterocycles. The highest BCUT2D eigenvalue weighted by atomic mass is 19.3. The van der Waals surface area contributed by atoms with Crippen molar-refractivity contribution in [3.05, 3.63) is 53.5 Å². The first-order valence-electron chi connectivity index (χ1n) is 14.0. The molecule has 2 aromatic carbocycles. The summed E-state index contributed by atoms with van der Waals surface area (Å²) in [6.07, 6.45) is 2.15. The molecule has 1 aromatic heterocycles. The second kappa shape index (κ2) is 11.9. The van der Waals surface area contributed by atoms with Crippen molar-refractivity contribution in [2.24, 2.45) is 12.8 Å². The number of halogens is 3. The van der Waals surface area contributed by atoms with Gasteiger partial charge in [0.25, 0.3) is 12.3 Å². The summed E-state index contributed by atoms with van der Waals surface area (Å²) in [7, 11) is 1.86.